The van der Waals surface area contributed by atoms with Crippen LogP contribution >= 0.6 is 0 Å². The van der Waals surface area contributed by atoms with Crippen molar-refractivity contribution in [2.24, 2.45) is 5.41 Å². The predicted octanol–water partition coefficient (Wildman–Crippen LogP) is 9.74. The molecule has 2 unspecified atom stereocenters. The highest BCUT2D eigenvalue weighted by molar-refractivity contribution is 6.76. The SMILES string of the molecule is C=CC1=[N+](CC[Si](C)(C)C)C2C(=C)[n+]3cc(C)c(CC(C)(C)C)cc3-c3c(ncc4c3oc3ccccc34)CCC2c2ccccc21. The van der Waals surface area contributed by atoms with E-state index < -0.39 is 8.07 Å². The van der Waals surface area contributed by atoms with E-state index in [1.165, 1.54) is 34.0 Å². The Hall–Kier alpha value is -4.09. The van der Waals surface area contributed by atoms with E-state index >= 15 is 0 Å². The van der Waals surface area contributed by atoms with E-state index in [2.05, 4.69) is 124 Å². The molecule has 2 atom stereocenters. The van der Waals surface area contributed by atoms with E-state index in [-0.39, 0.29) is 17.4 Å². The molecule has 3 aromatic heterocycles. The molecule has 0 amide bonds. The summed E-state index contributed by atoms with van der Waals surface area (Å²) in [6.07, 6.45) is 9.25. The fourth-order valence-corrected chi connectivity index (χ4v) is 8.82. The van der Waals surface area contributed by atoms with E-state index in [4.69, 9.17) is 16.0 Å². The summed E-state index contributed by atoms with van der Waals surface area (Å²) in [6, 6.07) is 21.0. The average Bonchev–Trinajstić information content (AvgIpc) is 3.41. The lowest BCUT2D eigenvalue weighted by Crippen LogP contribution is -2.50. The lowest BCUT2D eigenvalue weighted by Gasteiger charge is -2.32. The van der Waals surface area contributed by atoms with Crippen molar-refractivity contribution in [1.82, 2.24) is 4.98 Å². The first kappa shape index (κ1) is 31.5. The Morgan fingerprint density at radius 2 is 1.79 bits per heavy atom. The van der Waals surface area contributed by atoms with Crippen molar-refractivity contribution in [2.75, 3.05) is 6.54 Å². The number of hydrogen-bond acceptors (Lipinski definition) is 2. The summed E-state index contributed by atoms with van der Waals surface area (Å²) in [5.74, 6) is 0.248. The quantitative estimate of drug-likeness (QED) is 0.142. The van der Waals surface area contributed by atoms with Crippen molar-refractivity contribution < 1.29 is 13.6 Å². The lowest BCUT2D eigenvalue weighted by molar-refractivity contribution is -0.623. The summed E-state index contributed by atoms with van der Waals surface area (Å²) >= 11 is 0. The van der Waals surface area contributed by atoms with Gasteiger partial charge in [0.1, 0.15) is 17.7 Å². The fourth-order valence-electron chi connectivity index (χ4n) is 7.91. The first-order chi connectivity index (χ1) is 22.3. The Morgan fingerprint density at radius 1 is 1.04 bits per heavy atom. The molecule has 240 valence electrons. The monoisotopic (exact) mass is 639 g/mol. The zero-order valence-corrected chi connectivity index (χ0v) is 30.3. The Bertz CT molecular complexity index is 2100. The van der Waals surface area contributed by atoms with Gasteiger partial charge in [-0.25, -0.2) is 4.58 Å². The molecule has 5 heterocycles. The summed E-state index contributed by atoms with van der Waals surface area (Å²) in [5.41, 5.74) is 12.9. The molecule has 2 aliphatic heterocycles. The maximum absolute atomic E-state index is 6.75. The highest BCUT2D eigenvalue weighted by Gasteiger charge is 2.48. The van der Waals surface area contributed by atoms with Crippen LogP contribution in [-0.4, -0.2) is 35.9 Å². The van der Waals surface area contributed by atoms with Gasteiger partial charge in [-0.2, -0.15) is 4.57 Å². The minimum atomic E-state index is -1.34. The number of nitrogens with zero attached hydrogens (tertiary/aromatic N) is 3. The van der Waals surface area contributed by atoms with Crippen LogP contribution in [0.3, 0.4) is 0 Å². The van der Waals surface area contributed by atoms with Crippen molar-refractivity contribution in [3.8, 4) is 11.3 Å². The number of benzene rings is 2. The van der Waals surface area contributed by atoms with Gasteiger partial charge >= 0.3 is 0 Å². The van der Waals surface area contributed by atoms with Crippen LogP contribution < -0.4 is 4.57 Å². The van der Waals surface area contributed by atoms with Crippen molar-refractivity contribution >= 4 is 41.4 Å². The van der Waals surface area contributed by atoms with Crippen molar-refractivity contribution in [2.45, 2.75) is 84.6 Å². The molecule has 2 aliphatic rings. The third-order valence-electron chi connectivity index (χ3n) is 10.2. The number of furan rings is 1. The van der Waals surface area contributed by atoms with Gasteiger partial charge in [0.15, 0.2) is 11.8 Å². The van der Waals surface area contributed by atoms with Gasteiger partial charge < -0.3 is 4.42 Å². The predicted molar refractivity (Wildman–Crippen MR) is 199 cm³/mol. The van der Waals surface area contributed by atoms with Gasteiger partial charge in [-0.1, -0.05) is 83.4 Å². The second kappa shape index (κ2) is 11.6. The molecular formula is C42H49N3OSi+2. The molecule has 0 spiro atoms. The normalized spacial score (nSPS) is 18.2. The number of pyridine rings is 2. The van der Waals surface area contributed by atoms with Crippen molar-refractivity contribution in [1.29, 1.82) is 0 Å². The molecular weight excluding hydrogens is 591 g/mol. The highest BCUT2D eigenvalue weighted by Crippen LogP contribution is 2.43. The maximum Gasteiger partial charge on any atom is 0.249 e. The summed E-state index contributed by atoms with van der Waals surface area (Å²) in [7, 11) is -1.34. The molecule has 5 aromatic rings. The van der Waals surface area contributed by atoms with Crippen LogP contribution in [0, 0.1) is 12.3 Å². The van der Waals surface area contributed by atoms with E-state index in [0.29, 0.717) is 0 Å². The number of fused-ring (bicyclic) bond motifs is 10. The summed E-state index contributed by atoms with van der Waals surface area (Å²) in [5, 5.41) is 2.17. The molecule has 4 nitrogen and oxygen atoms in total. The summed E-state index contributed by atoms with van der Waals surface area (Å²) in [4.78, 5) is 5.24. The molecule has 47 heavy (non-hydrogen) atoms. The standard InChI is InChI=1S/C42H49N3OSi/c1-10-36-31-16-12-11-15-30(31)33-19-20-35-39(41-34(25-43-35)32-17-13-14-18-38(32)46-41)37-23-29(24-42(4,5)6)27(2)26-45(37)28(3)40(33)44(36)21-22-47(7,8)9/h10-18,23,25-26,33,40H,1,3,19-22,24H2,2,4-9H3/q+2. The maximum atomic E-state index is 6.75. The van der Waals surface area contributed by atoms with Crippen LogP contribution in [0.4, 0.5) is 0 Å². The average molecular weight is 640 g/mol. The molecule has 0 saturated heterocycles. The molecule has 0 radical (unpaired) electrons. The topological polar surface area (TPSA) is 32.9 Å². The molecule has 2 aromatic carbocycles. The number of hydrogen-bond donors (Lipinski definition) is 0. The summed E-state index contributed by atoms with van der Waals surface area (Å²) in [6.45, 7) is 27.0. The van der Waals surface area contributed by atoms with Gasteiger partial charge in [-0.15, -0.1) is 0 Å². The Balaban J connectivity index is 1.54. The number of aryl methyl sites for hydroxylation is 2. The second-order valence-electron chi connectivity index (χ2n) is 16.2. The third kappa shape index (κ3) is 5.63. The van der Waals surface area contributed by atoms with E-state index in [1.54, 1.807) is 0 Å². The zero-order valence-electron chi connectivity index (χ0n) is 29.3. The lowest BCUT2D eigenvalue weighted by atomic mass is 9.78. The minimum Gasteiger partial charge on any atom is -0.455 e. The molecule has 0 bridgehead atoms. The number of rotatable bonds is 5. The number of aromatic nitrogens is 2. The van der Waals surface area contributed by atoms with Gasteiger partial charge in [0.2, 0.25) is 23.1 Å². The van der Waals surface area contributed by atoms with Gasteiger partial charge in [0.05, 0.1) is 19.7 Å². The molecule has 0 fully saturated rings. The Kier molecular flexibility index (Phi) is 7.74. The van der Waals surface area contributed by atoms with E-state index in [0.717, 1.165) is 70.4 Å². The second-order valence-corrected chi connectivity index (χ2v) is 21.8. The molecule has 0 saturated carbocycles. The fraction of sp³-hybridized carbons (Fsp3) is 0.357. The molecule has 5 heteroatoms. The molecule has 0 N–H and O–H groups in total. The van der Waals surface area contributed by atoms with E-state index in [9.17, 15) is 0 Å². The Labute approximate surface area is 281 Å². The largest absolute Gasteiger partial charge is 0.455 e. The zero-order chi connectivity index (χ0) is 33.2. The van der Waals surface area contributed by atoms with Gasteiger partial charge in [-0.05, 0) is 61.4 Å². The number of allylic oxidation sites excluding steroid dienone is 1. The first-order valence-electron chi connectivity index (χ1n) is 17.2. The molecule has 0 aliphatic carbocycles. The van der Waals surface area contributed by atoms with Crippen molar-refractivity contribution in [3.63, 3.8) is 0 Å². The van der Waals surface area contributed by atoms with Gasteiger partial charge in [0, 0.05) is 46.3 Å². The van der Waals surface area contributed by atoms with Crippen LogP contribution in [0.2, 0.25) is 25.7 Å². The van der Waals surface area contributed by atoms with Gasteiger partial charge in [0.25, 0.3) is 0 Å². The molecule has 7 rings (SSSR count). The first-order valence-corrected chi connectivity index (χ1v) is 20.9. The third-order valence-corrected chi connectivity index (χ3v) is 11.9. The Morgan fingerprint density at radius 3 is 2.53 bits per heavy atom. The van der Waals surface area contributed by atoms with E-state index in [1.807, 2.05) is 12.3 Å². The van der Waals surface area contributed by atoms with Crippen LogP contribution in [0.25, 0.3) is 38.9 Å². The van der Waals surface area contributed by atoms with Crippen molar-refractivity contribution in [3.05, 3.63) is 114 Å². The van der Waals surface area contributed by atoms with Crippen LogP contribution in [-0.2, 0) is 12.8 Å². The number of para-hydroxylation sites is 1. The summed E-state index contributed by atoms with van der Waals surface area (Å²) < 4.78 is 11.8. The highest BCUT2D eigenvalue weighted by atomic mass is 28.3. The van der Waals surface area contributed by atoms with Gasteiger partial charge in [-0.3, -0.25) is 4.98 Å². The van der Waals surface area contributed by atoms with Crippen LogP contribution in [0.1, 0.15) is 61.1 Å². The minimum absolute atomic E-state index is 0.0753. The van der Waals surface area contributed by atoms with Crippen LogP contribution in [0.5, 0.6) is 0 Å². The smallest absolute Gasteiger partial charge is 0.249 e. The van der Waals surface area contributed by atoms with Crippen LogP contribution in [0.15, 0.2) is 90.6 Å².